The van der Waals surface area contributed by atoms with Crippen LogP contribution in [0.4, 0.5) is 10.5 Å². The van der Waals surface area contributed by atoms with Gasteiger partial charge in [-0.15, -0.1) is 0 Å². The number of hydrogen-bond acceptors (Lipinski definition) is 5. The number of likely N-dealkylation sites (N-methyl/N-ethyl adjacent to an activating group) is 1. The number of ether oxygens (including phenoxy) is 2. The van der Waals surface area contributed by atoms with E-state index < -0.39 is 0 Å². The molecule has 3 rings (SSSR count). The Morgan fingerprint density at radius 3 is 2.46 bits per heavy atom. The second kappa shape index (κ2) is 7.82. The highest BCUT2D eigenvalue weighted by atomic mass is 16.5. The smallest absolute Gasteiger partial charge is 0.317 e. The number of urea groups is 1. The van der Waals surface area contributed by atoms with Crippen LogP contribution in [0.2, 0.25) is 0 Å². The summed E-state index contributed by atoms with van der Waals surface area (Å²) in [6.07, 6.45) is 0.299. The summed E-state index contributed by atoms with van der Waals surface area (Å²) >= 11 is 0. The van der Waals surface area contributed by atoms with Gasteiger partial charge in [-0.25, -0.2) is 4.79 Å². The third-order valence-electron chi connectivity index (χ3n) is 4.92. The van der Waals surface area contributed by atoms with Crippen LogP contribution in [0.15, 0.2) is 18.2 Å². The van der Waals surface area contributed by atoms with E-state index in [1.165, 1.54) is 0 Å². The minimum absolute atomic E-state index is 0.0131. The Balaban J connectivity index is 1.62. The van der Waals surface area contributed by atoms with Gasteiger partial charge in [-0.1, -0.05) is 0 Å². The molecule has 2 heterocycles. The lowest BCUT2D eigenvalue weighted by Gasteiger charge is -2.33. The van der Waals surface area contributed by atoms with Crippen molar-refractivity contribution in [1.29, 1.82) is 0 Å². The molecule has 0 spiro atoms. The number of methoxy groups -OCH3 is 2. The van der Waals surface area contributed by atoms with Crippen LogP contribution in [0, 0.1) is 0 Å². The number of benzene rings is 1. The van der Waals surface area contributed by atoms with E-state index in [0.29, 0.717) is 37.6 Å². The number of rotatable bonds is 4. The van der Waals surface area contributed by atoms with Crippen molar-refractivity contribution >= 4 is 17.6 Å². The van der Waals surface area contributed by atoms with Crippen LogP contribution in [0.3, 0.4) is 0 Å². The average molecular weight is 362 g/mol. The minimum atomic E-state index is -0.192. The van der Waals surface area contributed by atoms with Gasteiger partial charge >= 0.3 is 6.03 Å². The molecule has 0 bridgehead atoms. The van der Waals surface area contributed by atoms with E-state index in [0.717, 1.165) is 18.8 Å². The van der Waals surface area contributed by atoms with Gasteiger partial charge in [-0.2, -0.15) is 0 Å². The topological polar surface area (TPSA) is 74.4 Å². The van der Waals surface area contributed by atoms with Gasteiger partial charge in [0, 0.05) is 50.9 Å². The molecule has 0 saturated carbocycles. The molecule has 0 radical (unpaired) electrons. The van der Waals surface area contributed by atoms with Crippen molar-refractivity contribution in [3.05, 3.63) is 18.2 Å². The molecule has 26 heavy (non-hydrogen) atoms. The predicted octanol–water partition coefficient (Wildman–Crippen LogP) is 0.766. The maximum Gasteiger partial charge on any atom is 0.317 e. The average Bonchev–Trinajstić information content (AvgIpc) is 3.01. The lowest BCUT2D eigenvalue weighted by atomic mass is 10.2. The van der Waals surface area contributed by atoms with Crippen molar-refractivity contribution in [3.63, 3.8) is 0 Å². The largest absolute Gasteiger partial charge is 0.493 e. The number of nitrogens with one attached hydrogen (secondary N) is 1. The quantitative estimate of drug-likeness (QED) is 0.856. The maximum absolute atomic E-state index is 12.4. The molecule has 2 aliphatic heterocycles. The zero-order valence-corrected chi connectivity index (χ0v) is 15.5. The standard InChI is InChI=1S/C18H26N4O4/c1-20-6-8-21(9-7-20)18(24)19-13-10-17(23)22(12-13)14-4-5-15(25-2)16(11-14)26-3/h4-5,11,13H,6-10,12H2,1-3H3,(H,19,24)/t13-/m1/s1. The lowest BCUT2D eigenvalue weighted by molar-refractivity contribution is -0.117. The van der Waals surface area contributed by atoms with Crippen LogP contribution < -0.4 is 19.7 Å². The fourth-order valence-corrected chi connectivity index (χ4v) is 3.32. The first-order valence-corrected chi connectivity index (χ1v) is 8.78. The van der Waals surface area contributed by atoms with E-state index in [2.05, 4.69) is 10.2 Å². The molecule has 0 aliphatic carbocycles. The SMILES string of the molecule is COc1ccc(N2C[C@H](NC(=O)N3CCN(C)CC3)CC2=O)cc1OC. The summed E-state index contributed by atoms with van der Waals surface area (Å²) in [5.74, 6) is 1.17. The van der Waals surface area contributed by atoms with Crippen LogP contribution in [0.1, 0.15) is 6.42 Å². The number of anilines is 1. The third-order valence-corrected chi connectivity index (χ3v) is 4.92. The molecule has 3 amide bonds. The molecular formula is C18H26N4O4. The molecule has 1 aromatic rings. The highest BCUT2D eigenvalue weighted by Crippen LogP contribution is 2.33. The Labute approximate surface area is 153 Å². The van der Waals surface area contributed by atoms with Crippen molar-refractivity contribution in [1.82, 2.24) is 15.1 Å². The summed E-state index contributed by atoms with van der Waals surface area (Å²) < 4.78 is 10.5. The molecule has 0 aromatic heterocycles. The summed E-state index contributed by atoms with van der Waals surface area (Å²) in [5.41, 5.74) is 0.740. The van der Waals surface area contributed by atoms with E-state index in [4.69, 9.17) is 9.47 Å². The molecule has 142 valence electrons. The monoisotopic (exact) mass is 362 g/mol. The van der Waals surface area contributed by atoms with Gasteiger partial charge in [0.25, 0.3) is 0 Å². The molecular weight excluding hydrogens is 336 g/mol. The van der Waals surface area contributed by atoms with E-state index in [9.17, 15) is 9.59 Å². The zero-order chi connectivity index (χ0) is 18.7. The Morgan fingerprint density at radius 1 is 1.12 bits per heavy atom. The van der Waals surface area contributed by atoms with Crippen molar-refractivity contribution in [2.24, 2.45) is 0 Å². The van der Waals surface area contributed by atoms with Gasteiger partial charge in [0.2, 0.25) is 5.91 Å². The summed E-state index contributed by atoms with van der Waals surface area (Å²) in [5, 5.41) is 2.99. The number of carbonyl (C=O) groups excluding carboxylic acids is 2. The van der Waals surface area contributed by atoms with E-state index in [-0.39, 0.29) is 18.0 Å². The zero-order valence-electron chi connectivity index (χ0n) is 15.5. The minimum Gasteiger partial charge on any atom is -0.493 e. The van der Waals surface area contributed by atoms with Gasteiger partial charge in [0.15, 0.2) is 11.5 Å². The van der Waals surface area contributed by atoms with Crippen molar-refractivity contribution < 1.29 is 19.1 Å². The fourth-order valence-electron chi connectivity index (χ4n) is 3.32. The summed E-state index contributed by atoms with van der Waals surface area (Å²) in [4.78, 5) is 30.5. The fraction of sp³-hybridized carbons (Fsp3) is 0.556. The van der Waals surface area contributed by atoms with Crippen molar-refractivity contribution in [3.8, 4) is 11.5 Å². The van der Waals surface area contributed by atoms with Gasteiger partial charge < -0.3 is 29.5 Å². The summed E-state index contributed by atoms with van der Waals surface area (Å²) in [6.45, 7) is 3.61. The Bertz CT molecular complexity index is 673. The first-order valence-electron chi connectivity index (χ1n) is 8.78. The number of piperazine rings is 1. The number of nitrogens with zero attached hydrogens (tertiary/aromatic N) is 3. The molecule has 1 N–H and O–H groups in total. The predicted molar refractivity (Wildman–Crippen MR) is 97.9 cm³/mol. The molecule has 2 fully saturated rings. The molecule has 0 unspecified atom stereocenters. The Morgan fingerprint density at radius 2 is 1.81 bits per heavy atom. The van der Waals surface area contributed by atoms with Gasteiger partial charge in [0.1, 0.15) is 0 Å². The summed E-state index contributed by atoms with van der Waals surface area (Å²) in [7, 11) is 5.18. The first kappa shape index (κ1) is 18.3. The van der Waals surface area contributed by atoms with Crippen LogP contribution in [-0.2, 0) is 4.79 Å². The van der Waals surface area contributed by atoms with Crippen molar-refractivity contribution in [2.45, 2.75) is 12.5 Å². The normalized spacial score (nSPS) is 21.0. The van der Waals surface area contributed by atoms with Crippen LogP contribution >= 0.6 is 0 Å². The number of amides is 3. The lowest BCUT2D eigenvalue weighted by Crippen LogP contribution is -2.52. The Kier molecular flexibility index (Phi) is 5.51. The van der Waals surface area contributed by atoms with E-state index >= 15 is 0 Å². The second-order valence-electron chi connectivity index (χ2n) is 6.68. The van der Waals surface area contributed by atoms with Gasteiger partial charge in [0.05, 0.1) is 20.3 Å². The van der Waals surface area contributed by atoms with Crippen LogP contribution in [-0.4, -0.2) is 81.8 Å². The number of hydrogen-bond donors (Lipinski definition) is 1. The van der Waals surface area contributed by atoms with Crippen molar-refractivity contribution in [2.75, 3.05) is 58.9 Å². The maximum atomic E-state index is 12.4. The molecule has 2 aliphatic rings. The second-order valence-corrected chi connectivity index (χ2v) is 6.68. The highest BCUT2D eigenvalue weighted by Gasteiger charge is 2.33. The van der Waals surface area contributed by atoms with Gasteiger partial charge in [-0.3, -0.25) is 4.79 Å². The highest BCUT2D eigenvalue weighted by molar-refractivity contribution is 5.97. The summed E-state index contributed by atoms with van der Waals surface area (Å²) in [6, 6.07) is 5.09. The molecule has 8 nitrogen and oxygen atoms in total. The number of carbonyl (C=O) groups is 2. The molecule has 1 aromatic carbocycles. The third kappa shape index (κ3) is 3.85. The van der Waals surface area contributed by atoms with Crippen LogP contribution in [0.5, 0.6) is 11.5 Å². The molecule has 8 heteroatoms. The van der Waals surface area contributed by atoms with Gasteiger partial charge in [-0.05, 0) is 19.2 Å². The van der Waals surface area contributed by atoms with E-state index in [1.54, 1.807) is 31.3 Å². The molecule has 2 saturated heterocycles. The Hall–Kier alpha value is -2.48. The first-order chi connectivity index (χ1) is 12.5. The van der Waals surface area contributed by atoms with Crippen LogP contribution in [0.25, 0.3) is 0 Å². The molecule has 1 atom stereocenters. The van der Waals surface area contributed by atoms with E-state index in [1.807, 2.05) is 18.0 Å².